The molecule has 0 N–H and O–H groups in total. The summed E-state index contributed by atoms with van der Waals surface area (Å²) >= 11 is 0. The average molecular weight is 272 g/mol. The zero-order valence-corrected chi connectivity index (χ0v) is 13.9. The van der Waals surface area contributed by atoms with Crippen molar-refractivity contribution in [1.82, 2.24) is 0 Å². The molecule has 0 bridgehead atoms. The van der Waals surface area contributed by atoms with E-state index in [1.165, 1.54) is 16.7 Å². The molecule has 0 atom stereocenters. The molecule has 0 amide bonds. The van der Waals surface area contributed by atoms with Crippen molar-refractivity contribution in [3.63, 3.8) is 0 Å². The van der Waals surface area contributed by atoms with Gasteiger partial charge in [-0.3, -0.25) is 0 Å². The van der Waals surface area contributed by atoms with Crippen LogP contribution in [0.25, 0.3) is 0 Å². The van der Waals surface area contributed by atoms with Gasteiger partial charge in [-0.05, 0) is 31.2 Å². The fourth-order valence-corrected chi connectivity index (χ4v) is 2.32. The van der Waals surface area contributed by atoms with Gasteiger partial charge in [0, 0.05) is 18.4 Å². The summed E-state index contributed by atoms with van der Waals surface area (Å²) in [6, 6.07) is 4.50. The van der Waals surface area contributed by atoms with E-state index in [9.17, 15) is 0 Å². The summed E-state index contributed by atoms with van der Waals surface area (Å²) in [6.07, 6.45) is 2.80. The minimum Gasteiger partial charge on any atom is -0.493 e. The largest absolute Gasteiger partial charge is 0.493 e. The minimum atomic E-state index is 0.0976. The van der Waals surface area contributed by atoms with Crippen molar-refractivity contribution in [3.05, 3.63) is 28.8 Å². The molecule has 0 aliphatic rings. The monoisotopic (exact) mass is 272 g/mol. The summed E-state index contributed by atoms with van der Waals surface area (Å²) in [5, 5.41) is 0. The minimum absolute atomic E-state index is 0.0976. The van der Waals surface area contributed by atoms with E-state index in [4.69, 9.17) is 4.74 Å². The third-order valence-corrected chi connectivity index (χ3v) is 3.23. The number of benzene rings is 1. The zero-order valence-electron chi connectivity index (χ0n) is 13.9. The number of aryl methyl sites for hydroxylation is 2. The van der Waals surface area contributed by atoms with Gasteiger partial charge in [0.05, 0.1) is 6.61 Å². The molecule has 0 saturated heterocycles. The van der Waals surface area contributed by atoms with Gasteiger partial charge in [0.2, 0.25) is 0 Å². The topological polar surface area (TPSA) is 9.23 Å². The second-order valence-electron chi connectivity index (χ2n) is 6.19. The van der Waals surface area contributed by atoms with Crippen LogP contribution >= 0.6 is 0 Å². The van der Waals surface area contributed by atoms with E-state index in [1.807, 2.05) is 6.92 Å². The van der Waals surface area contributed by atoms with Crippen LogP contribution in [0.2, 0.25) is 0 Å². The van der Waals surface area contributed by atoms with Gasteiger partial charge in [-0.1, -0.05) is 45.4 Å². The SMILES string of the molecule is CCC#CCCc1cc(C)cc(C(C)(C)C)c1OCC. The second kappa shape index (κ2) is 7.39. The van der Waals surface area contributed by atoms with Gasteiger partial charge in [-0.2, -0.15) is 0 Å². The average Bonchev–Trinajstić information content (AvgIpc) is 2.36. The molecule has 1 heteroatoms. The molecule has 20 heavy (non-hydrogen) atoms. The highest BCUT2D eigenvalue weighted by Crippen LogP contribution is 2.36. The maximum Gasteiger partial charge on any atom is 0.126 e. The van der Waals surface area contributed by atoms with Gasteiger partial charge >= 0.3 is 0 Å². The molecule has 110 valence electrons. The Hall–Kier alpha value is -1.42. The maximum atomic E-state index is 5.96. The summed E-state index contributed by atoms with van der Waals surface area (Å²) in [7, 11) is 0. The molecule has 0 aliphatic carbocycles. The third-order valence-electron chi connectivity index (χ3n) is 3.23. The summed E-state index contributed by atoms with van der Waals surface area (Å²) in [5.74, 6) is 7.44. The van der Waals surface area contributed by atoms with Crippen molar-refractivity contribution in [2.24, 2.45) is 0 Å². The van der Waals surface area contributed by atoms with Crippen molar-refractivity contribution in [2.75, 3.05) is 6.61 Å². The first-order valence-electron chi connectivity index (χ1n) is 7.62. The number of hydrogen-bond donors (Lipinski definition) is 0. The lowest BCUT2D eigenvalue weighted by atomic mass is 9.83. The lowest BCUT2D eigenvalue weighted by Gasteiger charge is -2.25. The molecule has 0 fully saturated rings. The molecule has 0 saturated carbocycles. The van der Waals surface area contributed by atoms with E-state index in [-0.39, 0.29) is 5.41 Å². The molecule has 0 heterocycles. The van der Waals surface area contributed by atoms with Crippen molar-refractivity contribution < 1.29 is 4.74 Å². The van der Waals surface area contributed by atoms with Crippen LogP contribution in [0.5, 0.6) is 5.75 Å². The van der Waals surface area contributed by atoms with Crippen LogP contribution in [-0.2, 0) is 11.8 Å². The van der Waals surface area contributed by atoms with Gasteiger partial charge in [0.15, 0.2) is 0 Å². The Morgan fingerprint density at radius 3 is 2.35 bits per heavy atom. The highest BCUT2D eigenvalue weighted by molar-refractivity contribution is 5.48. The van der Waals surface area contributed by atoms with Crippen LogP contribution in [0.15, 0.2) is 12.1 Å². The fraction of sp³-hybridized carbons (Fsp3) is 0.579. The highest BCUT2D eigenvalue weighted by Gasteiger charge is 2.21. The molecule has 0 aromatic heterocycles. The van der Waals surface area contributed by atoms with E-state index >= 15 is 0 Å². The number of hydrogen-bond acceptors (Lipinski definition) is 1. The smallest absolute Gasteiger partial charge is 0.126 e. The van der Waals surface area contributed by atoms with Crippen LogP contribution in [0.4, 0.5) is 0 Å². The lowest BCUT2D eigenvalue weighted by molar-refractivity contribution is 0.326. The molecule has 0 unspecified atom stereocenters. The summed E-state index contributed by atoms with van der Waals surface area (Å²) in [4.78, 5) is 0. The number of rotatable bonds is 4. The van der Waals surface area contributed by atoms with Gasteiger partial charge in [0.25, 0.3) is 0 Å². The van der Waals surface area contributed by atoms with Crippen LogP contribution in [0.3, 0.4) is 0 Å². The molecule has 0 spiro atoms. The van der Waals surface area contributed by atoms with Crippen molar-refractivity contribution in [3.8, 4) is 17.6 Å². The van der Waals surface area contributed by atoms with E-state index in [2.05, 4.69) is 58.6 Å². The van der Waals surface area contributed by atoms with Gasteiger partial charge in [0.1, 0.15) is 5.75 Å². The normalized spacial score (nSPS) is 10.9. The third kappa shape index (κ3) is 4.60. The van der Waals surface area contributed by atoms with Crippen molar-refractivity contribution in [1.29, 1.82) is 0 Å². The summed E-state index contributed by atoms with van der Waals surface area (Å²) in [6.45, 7) is 13.7. The maximum absolute atomic E-state index is 5.96. The predicted molar refractivity (Wildman–Crippen MR) is 87.4 cm³/mol. The van der Waals surface area contributed by atoms with Crippen molar-refractivity contribution in [2.45, 2.75) is 66.2 Å². The Morgan fingerprint density at radius 2 is 1.80 bits per heavy atom. The quantitative estimate of drug-likeness (QED) is 0.698. The van der Waals surface area contributed by atoms with Gasteiger partial charge < -0.3 is 4.74 Å². The standard InChI is InChI=1S/C19H28O/c1-7-9-10-11-12-16-13-15(3)14-17(19(4,5)6)18(16)20-8-2/h13-14H,7-8,11-12H2,1-6H3. The van der Waals surface area contributed by atoms with Gasteiger partial charge in [-0.15, -0.1) is 11.8 Å². The lowest BCUT2D eigenvalue weighted by Crippen LogP contribution is -2.15. The van der Waals surface area contributed by atoms with Crippen LogP contribution in [0.1, 0.15) is 64.2 Å². The molecule has 1 aromatic rings. The Bertz CT molecular complexity index is 495. The van der Waals surface area contributed by atoms with Crippen LogP contribution in [0, 0.1) is 18.8 Å². The zero-order chi connectivity index (χ0) is 15.2. The molecule has 0 radical (unpaired) electrons. The Balaban J connectivity index is 3.17. The first-order chi connectivity index (χ1) is 9.40. The Kier molecular flexibility index (Phi) is 6.14. The summed E-state index contributed by atoms with van der Waals surface area (Å²) < 4.78 is 5.96. The molecule has 1 aromatic carbocycles. The Labute approximate surface area is 124 Å². The number of ether oxygens (including phenoxy) is 1. The first-order valence-corrected chi connectivity index (χ1v) is 7.62. The van der Waals surface area contributed by atoms with Crippen LogP contribution in [-0.4, -0.2) is 6.61 Å². The second-order valence-corrected chi connectivity index (χ2v) is 6.19. The fourth-order valence-electron chi connectivity index (χ4n) is 2.32. The Morgan fingerprint density at radius 1 is 1.10 bits per heavy atom. The van der Waals surface area contributed by atoms with E-state index in [0.29, 0.717) is 6.61 Å². The molecule has 0 aliphatic heterocycles. The summed E-state index contributed by atoms with van der Waals surface area (Å²) in [5.41, 5.74) is 4.00. The van der Waals surface area contributed by atoms with E-state index in [0.717, 1.165) is 25.0 Å². The molecule has 1 nitrogen and oxygen atoms in total. The highest BCUT2D eigenvalue weighted by atomic mass is 16.5. The van der Waals surface area contributed by atoms with Crippen molar-refractivity contribution >= 4 is 0 Å². The van der Waals surface area contributed by atoms with E-state index in [1.54, 1.807) is 0 Å². The molecular formula is C19H28O. The first kappa shape index (κ1) is 16.6. The molecular weight excluding hydrogens is 244 g/mol. The predicted octanol–water partition coefficient (Wildman–Crippen LogP) is 5.04. The molecule has 1 rings (SSSR count). The van der Waals surface area contributed by atoms with E-state index < -0.39 is 0 Å². The van der Waals surface area contributed by atoms with Gasteiger partial charge in [-0.25, -0.2) is 0 Å². The van der Waals surface area contributed by atoms with Crippen LogP contribution < -0.4 is 4.74 Å².